The largest absolute Gasteiger partial charge is 0.494 e. The summed E-state index contributed by atoms with van der Waals surface area (Å²) in [7, 11) is 2.96. The average molecular weight is 297 g/mol. The van der Waals surface area contributed by atoms with E-state index < -0.39 is 16.6 Å². The molecule has 0 bridgehead atoms. The maximum absolute atomic E-state index is 11.8. The number of methoxy groups -OCH3 is 1. The Hall–Kier alpha value is -2.51. The van der Waals surface area contributed by atoms with Crippen LogP contribution < -0.4 is 15.4 Å². The number of carbonyl (C=O) groups excluding carboxylic acids is 1. The second kappa shape index (κ2) is 6.29. The molecule has 8 nitrogen and oxygen atoms in total. The predicted octanol–water partition coefficient (Wildman–Crippen LogP) is 2.99. The van der Waals surface area contributed by atoms with E-state index in [0.717, 1.165) is 0 Å². The van der Waals surface area contributed by atoms with Gasteiger partial charge in [-0.15, -0.1) is 0 Å². The molecule has 0 aliphatic rings. The van der Waals surface area contributed by atoms with Crippen molar-refractivity contribution in [3.05, 3.63) is 22.2 Å². The number of hydrogen-bond acceptors (Lipinski definition) is 6. The highest BCUT2D eigenvalue weighted by Crippen LogP contribution is 2.36. The Morgan fingerprint density at radius 1 is 1.29 bits per heavy atom. The molecule has 0 fully saturated rings. The van der Waals surface area contributed by atoms with Crippen LogP contribution in [0.15, 0.2) is 12.1 Å². The SMILES string of the molecule is CNc1cc(OC)c(NC(=O)OC(C)(C)C)cc1[N+](=O)[O-]. The van der Waals surface area contributed by atoms with Gasteiger partial charge >= 0.3 is 6.09 Å². The fourth-order valence-corrected chi connectivity index (χ4v) is 1.60. The van der Waals surface area contributed by atoms with Crippen molar-refractivity contribution >= 4 is 23.2 Å². The van der Waals surface area contributed by atoms with E-state index >= 15 is 0 Å². The molecule has 2 N–H and O–H groups in total. The minimum Gasteiger partial charge on any atom is -0.494 e. The molecule has 0 saturated carbocycles. The van der Waals surface area contributed by atoms with Gasteiger partial charge < -0.3 is 14.8 Å². The molecule has 1 amide bonds. The third-order valence-corrected chi connectivity index (χ3v) is 2.42. The number of nitro benzene ring substituents is 1. The van der Waals surface area contributed by atoms with E-state index in [4.69, 9.17) is 9.47 Å². The van der Waals surface area contributed by atoms with Gasteiger partial charge in [-0.25, -0.2) is 4.79 Å². The van der Waals surface area contributed by atoms with Gasteiger partial charge in [0, 0.05) is 19.2 Å². The number of amides is 1. The molecule has 0 saturated heterocycles. The van der Waals surface area contributed by atoms with Crippen LogP contribution in [0.5, 0.6) is 5.75 Å². The van der Waals surface area contributed by atoms with Crippen molar-refractivity contribution in [2.24, 2.45) is 0 Å². The van der Waals surface area contributed by atoms with Crippen molar-refractivity contribution in [3.63, 3.8) is 0 Å². The van der Waals surface area contributed by atoms with Gasteiger partial charge in [-0.3, -0.25) is 15.4 Å². The Morgan fingerprint density at radius 3 is 2.33 bits per heavy atom. The van der Waals surface area contributed by atoms with Crippen LogP contribution in [-0.4, -0.2) is 30.8 Å². The van der Waals surface area contributed by atoms with Gasteiger partial charge in [0.1, 0.15) is 17.0 Å². The van der Waals surface area contributed by atoms with Crippen molar-refractivity contribution in [1.82, 2.24) is 0 Å². The number of nitro groups is 1. The molecule has 21 heavy (non-hydrogen) atoms. The summed E-state index contributed by atoms with van der Waals surface area (Å²) in [5, 5.41) is 16.2. The lowest BCUT2D eigenvalue weighted by atomic mass is 10.2. The lowest BCUT2D eigenvalue weighted by molar-refractivity contribution is -0.383. The number of carbonyl (C=O) groups is 1. The van der Waals surface area contributed by atoms with Gasteiger partial charge in [0.15, 0.2) is 0 Å². The van der Waals surface area contributed by atoms with Gasteiger partial charge in [-0.05, 0) is 20.8 Å². The minimum absolute atomic E-state index is 0.164. The molecule has 1 aromatic carbocycles. The third-order valence-electron chi connectivity index (χ3n) is 2.42. The number of rotatable bonds is 4. The van der Waals surface area contributed by atoms with E-state index in [9.17, 15) is 14.9 Å². The highest BCUT2D eigenvalue weighted by atomic mass is 16.6. The fraction of sp³-hybridized carbons (Fsp3) is 0.462. The van der Waals surface area contributed by atoms with E-state index in [0.29, 0.717) is 0 Å². The normalized spacial score (nSPS) is 10.7. The lowest BCUT2D eigenvalue weighted by Gasteiger charge is -2.20. The standard InChI is InChI=1S/C13H19N3O5/c1-13(2,3)21-12(17)15-9-6-10(16(18)19)8(14-4)7-11(9)20-5/h6-7,14H,1-5H3,(H,15,17). The summed E-state index contributed by atoms with van der Waals surface area (Å²) < 4.78 is 10.2. The summed E-state index contributed by atoms with van der Waals surface area (Å²) in [5.74, 6) is 0.288. The average Bonchev–Trinajstić information content (AvgIpc) is 2.35. The summed E-state index contributed by atoms with van der Waals surface area (Å²) in [6.07, 6.45) is -0.715. The molecular formula is C13H19N3O5. The van der Waals surface area contributed by atoms with Crippen LogP contribution in [0.2, 0.25) is 0 Å². The van der Waals surface area contributed by atoms with E-state index in [1.807, 2.05) is 0 Å². The van der Waals surface area contributed by atoms with Crippen LogP contribution in [0.3, 0.4) is 0 Å². The van der Waals surface area contributed by atoms with E-state index in [1.54, 1.807) is 27.8 Å². The van der Waals surface area contributed by atoms with Crippen molar-refractivity contribution in [1.29, 1.82) is 0 Å². The van der Waals surface area contributed by atoms with Crippen molar-refractivity contribution in [2.45, 2.75) is 26.4 Å². The van der Waals surface area contributed by atoms with E-state index in [1.165, 1.54) is 19.2 Å². The molecule has 0 aromatic heterocycles. The molecule has 0 atom stereocenters. The zero-order valence-electron chi connectivity index (χ0n) is 12.6. The quantitative estimate of drug-likeness (QED) is 0.654. The number of benzene rings is 1. The Kier molecular flexibility index (Phi) is 4.96. The minimum atomic E-state index is -0.715. The number of ether oxygens (including phenoxy) is 2. The molecule has 1 rings (SSSR count). The molecular weight excluding hydrogens is 278 g/mol. The van der Waals surface area contributed by atoms with Gasteiger partial charge in [-0.2, -0.15) is 0 Å². The maximum atomic E-state index is 11.8. The Bertz CT molecular complexity index is 551. The first-order valence-corrected chi connectivity index (χ1v) is 6.22. The van der Waals surface area contributed by atoms with Crippen molar-refractivity contribution < 1.29 is 19.2 Å². The maximum Gasteiger partial charge on any atom is 0.412 e. The first kappa shape index (κ1) is 16.5. The molecule has 0 unspecified atom stereocenters. The summed E-state index contributed by atoms with van der Waals surface area (Å²) in [6, 6.07) is 2.65. The highest BCUT2D eigenvalue weighted by Gasteiger charge is 2.21. The second-order valence-corrected chi connectivity index (χ2v) is 5.20. The Balaban J connectivity index is 3.13. The van der Waals surface area contributed by atoms with Gasteiger partial charge in [0.05, 0.1) is 17.7 Å². The van der Waals surface area contributed by atoms with Crippen LogP contribution in [0.4, 0.5) is 21.9 Å². The zero-order valence-corrected chi connectivity index (χ0v) is 12.6. The van der Waals surface area contributed by atoms with Crippen LogP contribution in [0.1, 0.15) is 20.8 Å². The lowest BCUT2D eigenvalue weighted by Crippen LogP contribution is -2.27. The van der Waals surface area contributed by atoms with Crippen LogP contribution in [0.25, 0.3) is 0 Å². The number of hydrogen-bond donors (Lipinski definition) is 2. The van der Waals surface area contributed by atoms with Gasteiger partial charge in [0.25, 0.3) is 5.69 Å². The van der Waals surface area contributed by atoms with Gasteiger partial charge in [0.2, 0.25) is 0 Å². The molecule has 8 heteroatoms. The van der Waals surface area contributed by atoms with Gasteiger partial charge in [-0.1, -0.05) is 0 Å². The Labute approximate surface area is 122 Å². The number of nitrogens with one attached hydrogen (secondary N) is 2. The number of anilines is 2. The van der Waals surface area contributed by atoms with Crippen LogP contribution >= 0.6 is 0 Å². The molecule has 116 valence electrons. The predicted molar refractivity (Wildman–Crippen MR) is 79.1 cm³/mol. The third kappa shape index (κ3) is 4.51. The second-order valence-electron chi connectivity index (χ2n) is 5.20. The van der Waals surface area contributed by atoms with E-state index in [-0.39, 0.29) is 22.8 Å². The summed E-state index contributed by atoms with van der Waals surface area (Å²) in [4.78, 5) is 22.2. The van der Waals surface area contributed by atoms with Crippen LogP contribution in [0, 0.1) is 10.1 Å². The monoisotopic (exact) mass is 297 g/mol. The summed E-state index contributed by atoms with van der Waals surface area (Å²) in [5.41, 5.74) is -0.401. The smallest absolute Gasteiger partial charge is 0.412 e. The first-order chi connectivity index (χ1) is 9.67. The number of nitrogens with zero attached hydrogens (tertiary/aromatic N) is 1. The molecule has 0 aliphatic heterocycles. The fourth-order valence-electron chi connectivity index (χ4n) is 1.60. The molecule has 0 aliphatic carbocycles. The van der Waals surface area contributed by atoms with Crippen LogP contribution in [-0.2, 0) is 4.74 Å². The first-order valence-electron chi connectivity index (χ1n) is 6.22. The highest BCUT2D eigenvalue weighted by molar-refractivity contribution is 5.89. The zero-order chi connectivity index (χ0) is 16.2. The van der Waals surface area contributed by atoms with Crippen molar-refractivity contribution in [3.8, 4) is 5.75 Å². The Morgan fingerprint density at radius 2 is 1.90 bits per heavy atom. The summed E-state index contributed by atoms with van der Waals surface area (Å²) >= 11 is 0. The molecule has 0 heterocycles. The topological polar surface area (TPSA) is 103 Å². The van der Waals surface area contributed by atoms with E-state index in [2.05, 4.69) is 10.6 Å². The molecule has 1 aromatic rings. The summed E-state index contributed by atoms with van der Waals surface area (Å²) in [6.45, 7) is 5.16. The molecule has 0 radical (unpaired) electrons. The van der Waals surface area contributed by atoms with Crippen molar-refractivity contribution in [2.75, 3.05) is 24.8 Å². The molecule has 0 spiro atoms.